The lowest BCUT2D eigenvalue weighted by atomic mass is 10.1. The van der Waals surface area contributed by atoms with E-state index in [9.17, 15) is 9.65 Å². The zero-order valence-corrected chi connectivity index (χ0v) is 19.7. The lowest BCUT2D eigenvalue weighted by Gasteiger charge is -2.25. The first kappa shape index (κ1) is 20.5. The van der Waals surface area contributed by atoms with Gasteiger partial charge >= 0.3 is 0 Å². The highest BCUT2D eigenvalue weighted by molar-refractivity contribution is 7.20. The highest BCUT2D eigenvalue weighted by Crippen LogP contribution is 2.40. The van der Waals surface area contributed by atoms with E-state index in [2.05, 4.69) is 17.9 Å². The number of halogens is 1. The Morgan fingerprint density at radius 1 is 1.27 bits per heavy atom. The SMILES string of the molecule is CCc1nc2sc(N3CC4CC3CO4)nn2c1N(C)c1nc(-c2ccc(F)cc2)c(C#N)s1. The maximum atomic E-state index is 13.4. The molecule has 2 aliphatic heterocycles. The van der Waals surface area contributed by atoms with Crippen LogP contribution < -0.4 is 9.80 Å². The Morgan fingerprint density at radius 3 is 2.76 bits per heavy atom. The second-order valence-corrected chi connectivity index (χ2v) is 10.1. The Hall–Kier alpha value is -3.07. The number of nitriles is 1. The summed E-state index contributed by atoms with van der Waals surface area (Å²) in [4.78, 5) is 15.2. The molecule has 0 aliphatic carbocycles. The largest absolute Gasteiger partial charge is 0.374 e. The van der Waals surface area contributed by atoms with Gasteiger partial charge in [0.15, 0.2) is 10.9 Å². The first-order valence-electron chi connectivity index (χ1n) is 10.7. The quantitative estimate of drug-likeness (QED) is 0.422. The van der Waals surface area contributed by atoms with Crippen LogP contribution in [0.2, 0.25) is 0 Å². The van der Waals surface area contributed by atoms with Crippen LogP contribution in [0.1, 0.15) is 23.9 Å². The van der Waals surface area contributed by atoms with Crippen LogP contribution in [0.5, 0.6) is 0 Å². The van der Waals surface area contributed by atoms with Gasteiger partial charge in [-0.3, -0.25) is 0 Å². The van der Waals surface area contributed by atoms with Crippen molar-refractivity contribution in [2.24, 2.45) is 0 Å². The topological polar surface area (TPSA) is 82.6 Å². The molecule has 0 saturated carbocycles. The van der Waals surface area contributed by atoms with E-state index in [1.54, 1.807) is 23.5 Å². The molecule has 1 aromatic carbocycles. The number of ether oxygens (including phenoxy) is 1. The number of rotatable bonds is 5. The summed E-state index contributed by atoms with van der Waals surface area (Å²) in [5.74, 6) is 0.524. The number of hydrogen-bond acceptors (Lipinski definition) is 9. The van der Waals surface area contributed by atoms with Crippen LogP contribution in [0.15, 0.2) is 24.3 Å². The normalized spacial score (nSPS) is 19.5. The molecule has 2 atom stereocenters. The van der Waals surface area contributed by atoms with Crippen molar-refractivity contribution in [3.63, 3.8) is 0 Å². The fourth-order valence-corrected chi connectivity index (χ4v) is 6.36. The molecule has 2 unspecified atom stereocenters. The van der Waals surface area contributed by atoms with Crippen LogP contribution >= 0.6 is 22.7 Å². The molecule has 2 bridgehead atoms. The zero-order valence-electron chi connectivity index (χ0n) is 18.0. The summed E-state index contributed by atoms with van der Waals surface area (Å²) in [5, 5.41) is 16.2. The molecule has 6 rings (SSSR count). The van der Waals surface area contributed by atoms with Crippen molar-refractivity contribution in [2.75, 3.05) is 30.0 Å². The number of imidazole rings is 1. The number of fused-ring (bicyclic) bond motifs is 3. The third-order valence-electron chi connectivity index (χ3n) is 6.16. The van der Waals surface area contributed by atoms with Crippen molar-refractivity contribution < 1.29 is 9.13 Å². The van der Waals surface area contributed by atoms with E-state index in [1.165, 1.54) is 23.5 Å². The monoisotopic (exact) mass is 481 g/mol. The second-order valence-electron chi connectivity index (χ2n) is 8.16. The van der Waals surface area contributed by atoms with Crippen LogP contribution in [0.25, 0.3) is 16.2 Å². The van der Waals surface area contributed by atoms with Gasteiger partial charge in [-0.25, -0.2) is 14.4 Å². The summed E-state index contributed by atoms with van der Waals surface area (Å²) in [7, 11) is 1.92. The first-order chi connectivity index (χ1) is 16.1. The zero-order chi connectivity index (χ0) is 22.7. The standard InChI is InChI=1S/C22H20FN7OS2/c1-3-16-19(30-21(25-16)33-22(27-30)29-10-15-8-14(29)11-31-15)28(2)20-26-18(17(9-24)32-20)12-4-6-13(23)7-5-12/h4-7,14-15H,3,8,10-11H2,1-2H3. The molecule has 0 N–H and O–H groups in total. The lowest BCUT2D eigenvalue weighted by Crippen LogP contribution is -2.36. The van der Waals surface area contributed by atoms with Gasteiger partial charge in [-0.05, 0) is 37.1 Å². The number of thiazole rings is 1. The average molecular weight is 482 g/mol. The molecule has 2 fully saturated rings. The molecule has 168 valence electrons. The summed E-state index contributed by atoms with van der Waals surface area (Å²) >= 11 is 2.89. The minimum absolute atomic E-state index is 0.296. The predicted molar refractivity (Wildman–Crippen MR) is 126 cm³/mol. The molecular weight excluding hydrogens is 461 g/mol. The fourth-order valence-electron chi connectivity index (χ4n) is 4.51. The van der Waals surface area contributed by atoms with Crippen molar-refractivity contribution in [1.29, 1.82) is 5.26 Å². The Morgan fingerprint density at radius 2 is 2.09 bits per heavy atom. The molecule has 2 aliphatic rings. The molecule has 2 saturated heterocycles. The number of hydrogen-bond donors (Lipinski definition) is 0. The summed E-state index contributed by atoms with van der Waals surface area (Å²) < 4.78 is 21.0. The van der Waals surface area contributed by atoms with Gasteiger partial charge < -0.3 is 14.5 Å². The molecule has 11 heteroatoms. The van der Waals surface area contributed by atoms with Crippen molar-refractivity contribution in [3.8, 4) is 17.3 Å². The van der Waals surface area contributed by atoms with Crippen LogP contribution in [0.4, 0.5) is 20.5 Å². The number of morpholine rings is 1. The van der Waals surface area contributed by atoms with Gasteiger partial charge in [0.25, 0.3) is 0 Å². The molecule has 4 aromatic rings. The number of nitrogens with zero attached hydrogens (tertiary/aromatic N) is 7. The maximum absolute atomic E-state index is 13.4. The third-order valence-corrected chi connectivity index (χ3v) is 8.14. The minimum Gasteiger partial charge on any atom is -0.374 e. The Bertz CT molecular complexity index is 1390. The van der Waals surface area contributed by atoms with E-state index in [1.807, 2.05) is 16.5 Å². The fraction of sp³-hybridized carbons (Fsp3) is 0.364. The number of aryl methyl sites for hydroxylation is 1. The smallest absolute Gasteiger partial charge is 0.216 e. The van der Waals surface area contributed by atoms with Crippen molar-refractivity contribution in [1.82, 2.24) is 19.6 Å². The van der Waals surface area contributed by atoms with Crippen molar-refractivity contribution in [2.45, 2.75) is 31.9 Å². The molecule has 3 aromatic heterocycles. The third kappa shape index (κ3) is 3.28. The predicted octanol–water partition coefficient (Wildman–Crippen LogP) is 4.23. The van der Waals surface area contributed by atoms with E-state index < -0.39 is 0 Å². The second kappa shape index (κ2) is 7.76. The summed E-state index contributed by atoms with van der Waals surface area (Å²) in [6, 6.07) is 8.65. The molecule has 5 heterocycles. The van der Waals surface area contributed by atoms with Gasteiger partial charge in [0.1, 0.15) is 22.5 Å². The highest BCUT2D eigenvalue weighted by Gasteiger charge is 2.40. The Kier molecular flexibility index (Phi) is 4.83. The van der Waals surface area contributed by atoms with Crippen LogP contribution in [0, 0.1) is 17.1 Å². The van der Waals surface area contributed by atoms with Crippen molar-refractivity contribution >= 4 is 43.7 Å². The van der Waals surface area contributed by atoms with E-state index in [-0.39, 0.29) is 5.82 Å². The van der Waals surface area contributed by atoms with Crippen LogP contribution in [-0.2, 0) is 11.2 Å². The van der Waals surface area contributed by atoms with Gasteiger partial charge in [0.2, 0.25) is 10.1 Å². The number of anilines is 3. The average Bonchev–Trinajstić information content (AvgIpc) is 3.63. The molecule has 33 heavy (non-hydrogen) atoms. The molecule has 0 amide bonds. The molecule has 0 spiro atoms. The first-order valence-corrected chi connectivity index (χ1v) is 12.4. The van der Waals surface area contributed by atoms with Gasteiger partial charge in [-0.15, -0.1) is 5.10 Å². The van der Waals surface area contributed by atoms with Crippen LogP contribution in [0.3, 0.4) is 0 Å². The summed E-state index contributed by atoms with van der Waals surface area (Å²) in [6.45, 7) is 3.68. The van der Waals surface area contributed by atoms with Gasteiger partial charge in [-0.1, -0.05) is 29.6 Å². The summed E-state index contributed by atoms with van der Waals surface area (Å²) in [5.41, 5.74) is 2.18. The molecule has 0 radical (unpaired) electrons. The molecule has 8 nitrogen and oxygen atoms in total. The summed E-state index contributed by atoms with van der Waals surface area (Å²) in [6.07, 6.45) is 2.09. The highest BCUT2D eigenvalue weighted by atomic mass is 32.1. The molecular formula is C22H20FN7OS2. The lowest BCUT2D eigenvalue weighted by molar-refractivity contribution is 0.0990. The number of benzene rings is 1. The maximum Gasteiger partial charge on any atom is 0.216 e. The van der Waals surface area contributed by atoms with E-state index in [0.717, 1.165) is 47.6 Å². The number of aromatic nitrogens is 4. The van der Waals surface area contributed by atoms with Crippen molar-refractivity contribution in [3.05, 3.63) is 40.7 Å². The Labute approximate surface area is 197 Å². The van der Waals surface area contributed by atoms with E-state index in [0.29, 0.717) is 33.4 Å². The minimum atomic E-state index is -0.323. The van der Waals surface area contributed by atoms with E-state index >= 15 is 0 Å². The van der Waals surface area contributed by atoms with Gasteiger partial charge in [0.05, 0.1) is 24.4 Å². The van der Waals surface area contributed by atoms with Gasteiger partial charge in [-0.2, -0.15) is 9.78 Å². The Balaban J connectivity index is 1.40. The van der Waals surface area contributed by atoms with Gasteiger partial charge in [0, 0.05) is 19.2 Å². The van der Waals surface area contributed by atoms with E-state index in [4.69, 9.17) is 19.8 Å². The van der Waals surface area contributed by atoms with Crippen LogP contribution in [-0.4, -0.2) is 51.9 Å².